The predicted octanol–water partition coefficient (Wildman–Crippen LogP) is 3.50. The topological polar surface area (TPSA) is 67.7 Å². The van der Waals surface area contributed by atoms with Crippen LogP contribution in [-0.4, -0.2) is 19.7 Å². The summed E-state index contributed by atoms with van der Waals surface area (Å²) < 4.78 is 28.9. The van der Waals surface area contributed by atoms with Crippen LogP contribution in [-0.2, 0) is 13.6 Å². The molecule has 0 atom stereocenters. The minimum Gasteiger partial charge on any atom is -0.364 e. The molecule has 0 aliphatic heterocycles. The van der Waals surface area contributed by atoms with Crippen molar-refractivity contribution in [3.63, 3.8) is 0 Å². The highest BCUT2D eigenvalue weighted by Crippen LogP contribution is 2.22. The summed E-state index contributed by atoms with van der Waals surface area (Å²) in [6.07, 6.45) is 4.76. The van der Waals surface area contributed by atoms with Gasteiger partial charge in [0.1, 0.15) is 16.7 Å². The van der Waals surface area contributed by atoms with Crippen molar-refractivity contribution in [3.8, 4) is 0 Å². The van der Waals surface area contributed by atoms with Crippen molar-refractivity contribution in [1.29, 1.82) is 0 Å². The van der Waals surface area contributed by atoms with Crippen molar-refractivity contribution >= 4 is 29.1 Å². The summed E-state index contributed by atoms with van der Waals surface area (Å²) in [7, 11) is 1.78. The van der Waals surface area contributed by atoms with Gasteiger partial charge in [-0.05, 0) is 12.1 Å². The minimum absolute atomic E-state index is 0.0889. The maximum absolute atomic E-state index is 13.7. The molecule has 0 fully saturated rings. The molecule has 0 unspecified atom stereocenters. The molecule has 0 amide bonds. The molecule has 124 valence electrons. The van der Waals surface area contributed by atoms with E-state index in [0.717, 1.165) is 0 Å². The van der Waals surface area contributed by atoms with Gasteiger partial charge in [-0.3, -0.25) is 4.68 Å². The number of nitrogens with one attached hydrogen (secondary N) is 2. The number of hydrogen-bond donors (Lipinski definition) is 2. The maximum atomic E-state index is 13.7. The molecule has 3 aromatic rings. The Hall–Kier alpha value is -2.74. The van der Waals surface area contributed by atoms with E-state index in [1.165, 1.54) is 24.4 Å². The van der Waals surface area contributed by atoms with Gasteiger partial charge in [0.25, 0.3) is 0 Å². The van der Waals surface area contributed by atoms with Crippen molar-refractivity contribution in [2.45, 2.75) is 6.54 Å². The Morgan fingerprint density at radius 2 is 1.96 bits per heavy atom. The molecule has 0 radical (unpaired) electrons. The van der Waals surface area contributed by atoms with Gasteiger partial charge >= 0.3 is 0 Å². The second-order valence-corrected chi connectivity index (χ2v) is 5.38. The van der Waals surface area contributed by atoms with E-state index >= 15 is 0 Å². The lowest BCUT2D eigenvalue weighted by Crippen LogP contribution is -2.08. The Balaban J connectivity index is 1.76. The second-order valence-electron chi connectivity index (χ2n) is 4.97. The average molecular weight is 351 g/mol. The lowest BCUT2D eigenvalue weighted by Gasteiger charge is -2.10. The number of rotatable bonds is 5. The van der Waals surface area contributed by atoms with Crippen LogP contribution in [0, 0.1) is 11.6 Å². The quantitative estimate of drug-likeness (QED) is 0.737. The van der Waals surface area contributed by atoms with Crippen LogP contribution in [0.1, 0.15) is 5.56 Å². The van der Waals surface area contributed by atoms with Crippen molar-refractivity contribution < 1.29 is 8.78 Å². The zero-order chi connectivity index (χ0) is 17.1. The first-order valence-electron chi connectivity index (χ1n) is 6.98. The van der Waals surface area contributed by atoms with Gasteiger partial charge < -0.3 is 10.6 Å². The fourth-order valence-corrected chi connectivity index (χ4v) is 2.20. The third-order valence-corrected chi connectivity index (χ3v) is 3.48. The Kier molecular flexibility index (Phi) is 4.57. The highest BCUT2D eigenvalue weighted by Gasteiger charge is 2.11. The molecule has 3 rings (SSSR count). The molecule has 0 bridgehead atoms. The van der Waals surface area contributed by atoms with Gasteiger partial charge in [0, 0.05) is 25.4 Å². The summed E-state index contributed by atoms with van der Waals surface area (Å²) in [5, 5.41) is 10.0. The van der Waals surface area contributed by atoms with E-state index in [-0.39, 0.29) is 28.9 Å². The predicted molar refractivity (Wildman–Crippen MR) is 87.2 cm³/mol. The molecule has 2 heterocycles. The lowest BCUT2D eigenvalue weighted by molar-refractivity contribution is 0.560. The zero-order valence-electron chi connectivity index (χ0n) is 12.6. The fourth-order valence-electron chi connectivity index (χ4n) is 2.04. The molecule has 0 saturated heterocycles. The smallest absolute Gasteiger partial charge is 0.229 e. The first-order chi connectivity index (χ1) is 11.5. The molecule has 1 aromatic carbocycles. The van der Waals surface area contributed by atoms with Gasteiger partial charge in [0.15, 0.2) is 5.82 Å². The van der Waals surface area contributed by atoms with E-state index in [4.69, 9.17) is 11.6 Å². The summed E-state index contributed by atoms with van der Waals surface area (Å²) >= 11 is 6.03. The standard InChI is InChI=1S/C15H13ClF2N6/c1-24-8-9(5-21-24)22-15-20-7-11(16)14(23-15)19-6-10-12(17)3-2-4-13(10)18/h2-5,7-8H,6H2,1H3,(H2,19,20,22,23). The Morgan fingerprint density at radius 3 is 2.62 bits per heavy atom. The minimum atomic E-state index is -0.638. The van der Waals surface area contributed by atoms with Crippen LogP contribution in [0.4, 0.5) is 26.2 Å². The molecule has 0 saturated carbocycles. The average Bonchev–Trinajstić information content (AvgIpc) is 2.95. The van der Waals surface area contributed by atoms with Crippen LogP contribution in [0.2, 0.25) is 5.02 Å². The van der Waals surface area contributed by atoms with E-state index in [2.05, 4.69) is 25.7 Å². The normalized spacial score (nSPS) is 10.7. The molecule has 2 aromatic heterocycles. The fraction of sp³-hybridized carbons (Fsp3) is 0.133. The number of nitrogens with zero attached hydrogens (tertiary/aromatic N) is 4. The monoisotopic (exact) mass is 350 g/mol. The highest BCUT2D eigenvalue weighted by atomic mass is 35.5. The van der Waals surface area contributed by atoms with E-state index in [1.807, 2.05) is 0 Å². The summed E-state index contributed by atoms with van der Waals surface area (Å²) in [4.78, 5) is 8.26. The molecule has 0 spiro atoms. The molecular formula is C15H13ClF2N6. The van der Waals surface area contributed by atoms with Crippen LogP contribution in [0.15, 0.2) is 36.8 Å². The first kappa shape index (κ1) is 16.1. The number of aromatic nitrogens is 4. The number of aryl methyl sites for hydroxylation is 1. The molecule has 6 nitrogen and oxygen atoms in total. The summed E-state index contributed by atoms with van der Waals surface area (Å²) in [5.74, 6) is -0.729. The number of hydrogen-bond acceptors (Lipinski definition) is 5. The van der Waals surface area contributed by atoms with Crippen LogP contribution in [0.3, 0.4) is 0 Å². The van der Waals surface area contributed by atoms with E-state index < -0.39 is 11.6 Å². The largest absolute Gasteiger partial charge is 0.364 e. The summed E-state index contributed by atoms with van der Waals surface area (Å²) in [5.41, 5.74) is 0.611. The van der Waals surface area contributed by atoms with E-state index in [9.17, 15) is 8.78 Å². The van der Waals surface area contributed by atoms with Gasteiger partial charge in [-0.15, -0.1) is 0 Å². The molecular weight excluding hydrogens is 338 g/mol. The Bertz CT molecular complexity index is 847. The van der Waals surface area contributed by atoms with Crippen LogP contribution in [0.25, 0.3) is 0 Å². The van der Waals surface area contributed by atoms with Crippen molar-refractivity contribution in [1.82, 2.24) is 19.7 Å². The second kappa shape index (κ2) is 6.79. The third kappa shape index (κ3) is 3.60. The first-order valence-corrected chi connectivity index (χ1v) is 7.35. The van der Waals surface area contributed by atoms with Gasteiger partial charge in [-0.25, -0.2) is 13.8 Å². The van der Waals surface area contributed by atoms with Gasteiger partial charge in [0.05, 0.1) is 18.1 Å². The van der Waals surface area contributed by atoms with Crippen molar-refractivity contribution in [2.24, 2.45) is 7.05 Å². The lowest BCUT2D eigenvalue weighted by atomic mass is 10.2. The van der Waals surface area contributed by atoms with Crippen LogP contribution >= 0.6 is 11.6 Å². The van der Waals surface area contributed by atoms with Crippen molar-refractivity contribution in [3.05, 3.63) is 59.0 Å². The number of halogens is 3. The summed E-state index contributed by atoms with van der Waals surface area (Å²) in [6.45, 7) is -0.0957. The molecule has 24 heavy (non-hydrogen) atoms. The van der Waals surface area contributed by atoms with E-state index in [0.29, 0.717) is 5.69 Å². The number of benzene rings is 1. The number of anilines is 3. The zero-order valence-corrected chi connectivity index (χ0v) is 13.3. The van der Waals surface area contributed by atoms with E-state index in [1.54, 1.807) is 24.1 Å². The Labute approximate surface area is 141 Å². The SMILES string of the molecule is Cn1cc(Nc2ncc(Cl)c(NCc3c(F)cccc3F)n2)cn1. The highest BCUT2D eigenvalue weighted by molar-refractivity contribution is 6.32. The Morgan fingerprint density at radius 1 is 1.21 bits per heavy atom. The molecule has 2 N–H and O–H groups in total. The van der Waals surface area contributed by atoms with Gasteiger partial charge in [-0.1, -0.05) is 17.7 Å². The molecule has 0 aliphatic rings. The summed E-state index contributed by atoms with van der Waals surface area (Å²) in [6, 6.07) is 3.69. The van der Waals surface area contributed by atoms with Gasteiger partial charge in [0.2, 0.25) is 5.95 Å². The van der Waals surface area contributed by atoms with Gasteiger partial charge in [-0.2, -0.15) is 10.1 Å². The molecule has 0 aliphatic carbocycles. The van der Waals surface area contributed by atoms with Crippen LogP contribution < -0.4 is 10.6 Å². The van der Waals surface area contributed by atoms with Crippen molar-refractivity contribution in [2.75, 3.05) is 10.6 Å². The van der Waals surface area contributed by atoms with Crippen LogP contribution in [0.5, 0.6) is 0 Å². The molecule has 9 heteroatoms. The third-order valence-electron chi connectivity index (χ3n) is 3.20. The maximum Gasteiger partial charge on any atom is 0.229 e.